The van der Waals surface area contributed by atoms with Crippen molar-refractivity contribution in [3.8, 4) is 6.01 Å². The van der Waals surface area contributed by atoms with Crippen LogP contribution in [0.2, 0.25) is 5.02 Å². The van der Waals surface area contributed by atoms with Gasteiger partial charge in [0, 0.05) is 68.0 Å². The first kappa shape index (κ1) is 31.1. The molecule has 2 fully saturated rings. The first-order chi connectivity index (χ1) is 21.8. The molecule has 0 radical (unpaired) electrons. The molecule has 1 amide bonds. The Hall–Kier alpha value is -3.91. The largest absolute Gasteiger partial charge is 0.462 e. The molecule has 0 aliphatic carbocycles. The molecule has 3 aliphatic heterocycles. The zero-order chi connectivity index (χ0) is 31.7. The van der Waals surface area contributed by atoms with Crippen molar-refractivity contribution in [2.45, 2.75) is 38.0 Å². The summed E-state index contributed by atoms with van der Waals surface area (Å²) in [6.07, 6.45) is 2.08. The van der Waals surface area contributed by atoms with Crippen LogP contribution in [0.1, 0.15) is 18.2 Å². The molecule has 11 heteroatoms. The van der Waals surface area contributed by atoms with Crippen LogP contribution in [0.15, 0.2) is 49.1 Å². The van der Waals surface area contributed by atoms with Crippen LogP contribution in [0.3, 0.4) is 0 Å². The Bertz CT molecular complexity index is 1610. The average Bonchev–Trinajstić information content (AvgIpc) is 3.04. The van der Waals surface area contributed by atoms with Crippen molar-refractivity contribution in [2.75, 3.05) is 76.3 Å². The number of halogens is 1. The summed E-state index contributed by atoms with van der Waals surface area (Å²) < 4.78 is 6.34. The lowest BCUT2D eigenvalue weighted by Crippen LogP contribution is -2.59. The molecule has 0 saturated carbocycles. The van der Waals surface area contributed by atoms with E-state index >= 15 is 0 Å². The van der Waals surface area contributed by atoms with Crippen molar-refractivity contribution >= 4 is 39.8 Å². The lowest BCUT2D eigenvalue weighted by atomic mass is 10.0. The molecule has 0 N–H and O–H groups in total. The molecule has 0 bridgehead atoms. The first-order valence-electron chi connectivity index (χ1n) is 15.6. The number of aromatic nitrogens is 2. The van der Waals surface area contributed by atoms with E-state index in [0.29, 0.717) is 44.8 Å². The molecule has 4 heterocycles. The number of likely N-dealkylation sites (N-methyl/N-ethyl adjacent to an activating group) is 2. The first-order valence-corrected chi connectivity index (χ1v) is 16.0. The van der Waals surface area contributed by atoms with Gasteiger partial charge in [0.15, 0.2) is 0 Å². The highest BCUT2D eigenvalue weighted by molar-refractivity contribution is 6.36. The number of carbonyl (C=O) groups is 1. The summed E-state index contributed by atoms with van der Waals surface area (Å²) in [6, 6.07) is 13.1. The molecule has 236 valence electrons. The number of benzene rings is 2. The highest BCUT2D eigenvalue weighted by Crippen LogP contribution is 2.37. The molecule has 6 rings (SSSR count). The third-order valence-electron chi connectivity index (χ3n) is 9.51. The van der Waals surface area contributed by atoms with Gasteiger partial charge in [0.25, 0.3) is 0 Å². The standard InChI is InChI=1S/C34H41ClN8O2/c1-6-31(44)43-16-15-42(20-25(43)17-36-3)33-27-13-14-41(30-12-8-10-24-9-7-11-28(35)32(24)30)21-29(27)37-34(38-33)45-22-23(2)40(5)26-18-39(4)19-26/h6-12,23,25-26H,1,13-22H2,2,4-5H3/t23-,25+/m1/s1. The Morgan fingerprint density at radius 2 is 1.96 bits per heavy atom. The van der Waals surface area contributed by atoms with Crippen molar-refractivity contribution in [1.29, 1.82) is 0 Å². The quantitative estimate of drug-likeness (QED) is 0.260. The lowest BCUT2D eigenvalue weighted by molar-refractivity contribution is -0.128. The van der Waals surface area contributed by atoms with Crippen LogP contribution in [-0.2, 0) is 17.8 Å². The van der Waals surface area contributed by atoms with Gasteiger partial charge in [-0.2, -0.15) is 9.97 Å². The maximum absolute atomic E-state index is 12.6. The number of rotatable bonds is 9. The Kier molecular flexibility index (Phi) is 9.13. The number of fused-ring (bicyclic) bond motifs is 2. The van der Waals surface area contributed by atoms with Gasteiger partial charge in [0.2, 0.25) is 12.5 Å². The fourth-order valence-corrected chi connectivity index (χ4v) is 7.05. The second-order valence-corrected chi connectivity index (χ2v) is 12.8. The number of hydrogen-bond acceptors (Lipinski definition) is 8. The van der Waals surface area contributed by atoms with Gasteiger partial charge in [-0.3, -0.25) is 9.69 Å². The minimum atomic E-state index is -0.246. The molecule has 2 aromatic carbocycles. The Morgan fingerprint density at radius 3 is 2.69 bits per heavy atom. The van der Waals surface area contributed by atoms with Gasteiger partial charge in [0.05, 0.1) is 17.3 Å². The van der Waals surface area contributed by atoms with E-state index in [2.05, 4.69) is 76.3 Å². The molecule has 0 unspecified atom stereocenters. The molecule has 2 saturated heterocycles. The maximum Gasteiger partial charge on any atom is 0.318 e. The predicted molar refractivity (Wildman–Crippen MR) is 179 cm³/mol. The second kappa shape index (κ2) is 13.2. The van der Waals surface area contributed by atoms with Crippen LogP contribution in [0.5, 0.6) is 6.01 Å². The molecular weight excluding hydrogens is 588 g/mol. The van der Waals surface area contributed by atoms with Gasteiger partial charge in [-0.05, 0) is 51.0 Å². The monoisotopic (exact) mass is 628 g/mol. The zero-order valence-electron chi connectivity index (χ0n) is 26.3. The van der Waals surface area contributed by atoms with Gasteiger partial charge in [0.1, 0.15) is 18.5 Å². The minimum absolute atomic E-state index is 0.141. The van der Waals surface area contributed by atoms with E-state index in [0.717, 1.165) is 64.6 Å². The van der Waals surface area contributed by atoms with Crippen LogP contribution >= 0.6 is 11.6 Å². The zero-order valence-corrected chi connectivity index (χ0v) is 27.1. The van der Waals surface area contributed by atoms with E-state index in [1.54, 1.807) is 4.90 Å². The smallest absolute Gasteiger partial charge is 0.318 e. The molecule has 1 aromatic heterocycles. The normalized spacial score (nSPS) is 19.6. The summed E-state index contributed by atoms with van der Waals surface area (Å²) in [5.41, 5.74) is 3.11. The number of anilines is 2. The summed E-state index contributed by atoms with van der Waals surface area (Å²) in [5, 5.41) is 2.88. The number of ether oxygens (including phenoxy) is 1. The average molecular weight is 629 g/mol. The van der Waals surface area contributed by atoms with Crippen LogP contribution in [0.25, 0.3) is 15.6 Å². The Balaban J connectivity index is 1.31. The molecule has 0 spiro atoms. The van der Waals surface area contributed by atoms with Crippen LogP contribution in [-0.4, -0.2) is 115 Å². The maximum atomic E-state index is 12.6. The van der Waals surface area contributed by atoms with Crippen molar-refractivity contribution in [3.05, 3.63) is 76.8 Å². The van der Waals surface area contributed by atoms with Crippen molar-refractivity contribution in [3.63, 3.8) is 0 Å². The third-order valence-corrected chi connectivity index (χ3v) is 9.82. The van der Waals surface area contributed by atoms with E-state index in [1.807, 2.05) is 12.1 Å². The van der Waals surface area contributed by atoms with Crippen LogP contribution in [0, 0.1) is 6.57 Å². The topological polar surface area (TPSA) is 72.6 Å². The van der Waals surface area contributed by atoms with Crippen molar-refractivity contribution < 1.29 is 9.53 Å². The molecule has 3 aromatic rings. The summed E-state index contributed by atoms with van der Waals surface area (Å²) in [5.74, 6) is 0.699. The van der Waals surface area contributed by atoms with Gasteiger partial charge >= 0.3 is 6.01 Å². The minimum Gasteiger partial charge on any atom is -0.462 e. The number of nitrogens with zero attached hydrogens (tertiary/aromatic N) is 8. The number of hydrogen-bond donors (Lipinski definition) is 0. The Morgan fingerprint density at radius 1 is 1.18 bits per heavy atom. The fraction of sp³-hybridized carbons (Fsp3) is 0.471. The summed E-state index contributed by atoms with van der Waals surface area (Å²) in [6.45, 7) is 19.2. The predicted octanol–water partition coefficient (Wildman–Crippen LogP) is 3.98. The molecule has 3 aliphatic rings. The van der Waals surface area contributed by atoms with Gasteiger partial charge in [-0.15, -0.1) is 0 Å². The van der Waals surface area contributed by atoms with Crippen LogP contribution < -0.4 is 14.5 Å². The fourth-order valence-electron chi connectivity index (χ4n) is 6.77. The molecular formula is C34H41ClN8O2. The highest BCUT2D eigenvalue weighted by Gasteiger charge is 2.35. The number of amides is 1. The third kappa shape index (κ3) is 6.30. The SMILES string of the molecule is [C-]#[N+]C[C@H]1CN(c2nc(OC[C@@H](C)N(C)C3CN(C)C3)nc3c2CCN(c2cccc4cccc(Cl)c24)C3)CCN1C(=O)C=C. The van der Waals surface area contributed by atoms with Gasteiger partial charge in [-0.1, -0.05) is 42.4 Å². The van der Waals surface area contributed by atoms with Crippen LogP contribution in [0.4, 0.5) is 11.5 Å². The summed E-state index contributed by atoms with van der Waals surface area (Å²) >= 11 is 6.72. The van der Waals surface area contributed by atoms with E-state index in [4.69, 9.17) is 32.9 Å². The van der Waals surface area contributed by atoms with Crippen molar-refractivity contribution in [2.24, 2.45) is 0 Å². The second-order valence-electron chi connectivity index (χ2n) is 12.4. The number of carbonyl (C=O) groups excluding carboxylic acids is 1. The van der Waals surface area contributed by atoms with Gasteiger partial charge in [-0.25, -0.2) is 6.57 Å². The number of piperazine rings is 1. The highest BCUT2D eigenvalue weighted by atomic mass is 35.5. The summed E-state index contributed by atoms with van der Waals surface area (Å²) in [4.78, 5) is 37.2. The summed E-state index contributed by atoms with van der Waals surface area (Å²) in [7, 11) is 4.29. The van der Waals surface area contributed by atoms with E-state index in [9.17, 15) is 4.79 Å². The van der Waals surface area contributed by atoms with E-state index in [1.165, 1.54) is 6.08 Å². The van der Waals surface area contributed by atoms with E-state index in [-0.39, 0.29) is 24.5 Å². The Labute approximate surface area is 270 Å². The number of likely N-dealkylation sites (tertiary alicyclic amines) is 1. The van der Waals surface area contributed by atoms with Gasteiger partial charge < -0.3 is 29.2 Å². The molecule has 45 heavy (non-hydrogen) atoms. The van der Waals surface area contributed by atoms with Crippen molar-refractivity contribution in [1.82, 2.24) is 24.7 Å². The van der Waals surface area contributed by atoms with E-state index < -0.39 is 0 Å². The molecule has 10 nitrogen and oxygen atoms in total. The lowest BCUT2D eigenvalue weighted by Gasteiger charge is -2.44. The molecule has 2 atom stereocenters.